The van der Waals surface area contributed by atoms with Crippen molar-refractivity contribution < 1.29 is 29.0 Å². The van der Waals surface area contributed by atoms with Gasteiger partial charge in [-0.15, -0.1) is 0 Å². The van der Waals surface area contributed by atoms with Gasteiger partial charge in [-0.1, -0.05) is 37.3 Å². The second kappa shape index (κ2) is 11.8. The molecular weight excluding hydrogens is 400 g/mol. The van der Waals surface area contributed by atoms with Crippen LogP contribution in [0.15, 0.2) is 30.3 Å². The lowest BCUT2D eigenvalue weighted by Gasteiger charge is -2.34. The van der Waals surface area contributed by atoms with E-state index >= 15 is 0 Å². The molecule has 2 amide bonds. The number of nitrogens with zero attached hydrogens (tertiary/aromatic N) is 1. The topological polar surface area (TPSA) is 105 Å². The van der Waals surface area contributed by atoms with Gasteiger partial charge in [-0.05, 0) is 25.3 Å². The number of carboxylic acids is 1. The minimum absolute atomic E-state index is 0.0287. The number of ether oxygens (including phenoxy) is 2. The molecule has 8 nitrogen and oxygen atoms in total. The first-order chi connectivity index (χ1) is 14.8. The number of benzene rings is 1. The van der Waals surface area contributed by atoms with E-state index in [0.29, 0.717) is 6.54 Å². The Morgan fingerprint density at radius 3 is 2.42 bits per heavy atom. The first-order valence-corrected chi connectivity index (χ1v) is 10.7. The minimum Gasteiger partial charge on any atom is -0.480 e. The molecule has 0 aliphatic carbocycles. The van der Waals surface area contributed by atoms with Gasteiger partial charge in [0.1, 0.15) is 6.04 Å². The molecule has 5 atom stereocenters. The number of carbonyl (C=O) groups excluding carboxylic acids is 2. The normalized spacial score (nSPS) is 20.0. The highest BCUT2D eigenvalue weighted by molar-refractivity contribution is 5.85. The van der Waals surface area contributed by atoms with Gasteiger partial charge in [-0.3, -0.25) is 9.59 Å². The predicted molar refractivity (Wildman–Crippen MR) is 115 cm³/mol. The summed E-state index contributed by atoms with van der Waals surface area (Å²) in [7, 11) is 3.09. The molecule has 1 heterocycles. The molecule has 1 unspecified atom stereocenters. The van der Waals surface area contributed by atoms with Crippen LogP contribution in [0.1, 0.15) is 38.7 Å². The molecule has 1 aliphatic rings. The Kier molecular flexibility index (Phi) is 9.45. The van der Waals surface area contributed by atoms with Crippen LogP contribution in [0.2, 0.25) is 0 Å². The van der Waals surface area contributed by atoms with Crippen molar-refractivity contribution in [1.29, 1.82) is 0 Å². The van der Waals surface area contributed by atoms with Crippen molar-refractivity contribution in [1.82, 2.24) is 10.2 Å². The van der Waals surface area contributed by atoms with E-state index in [4.69, 9.17) is 9.47 Å². The zero-order valence-corrected chi connectivity index (χ0v) is 18.7. The summed E-state index contributed by atoms with van der Waals surface area (Å²) in [5.74, 6) is -2.15. The number of carbonyl (C=O) groups is 3. The van der Waals surface area contributed by atoms with Crippen molar-refractivity contribution >= 4 is 17.8 Å². The molecule has 1 saturated heterocycles. The van der Waals surface area contributed by atoms with Crippen LogP contribution in [-0.2, 0) is 30.3 Å². The Hall–Kier alpha value is -2.45. The van der Waals surface area contributed by atoms with Crippen molar-refractivity contribution in [2.75, 3.05) is 20.8 Å². The summed E-state index contributed by atoms with van der Waals surface area (Å²) in [5, 5.41) is 12.2. The van der Waals surface area contributed by atoms with Gasteiger partial charge < -0.3 is 24.8 Å². The minimum atomic E-state index is -1.09. The molecule has 8 heteroatoms. The van der Waals surface area contributed by atoms with E-state index < -0.39 is 29.9 Å². The lowest BCUT2D eigenvalue weighted by atomic mass is 9.94. The van der Waals surface area contributed by atoms with Crippen molar-refractivity contribution in [2.24, 2.45) is 5.92 Å². The predicted octanol–water partition coefficient (Wildman–Crippen LogP) is 1.87. The number of carboxylic acid groups (broad SMARTS) is 1. The largest absolute Gasteiger partial charge is 0.480 e. The highest BCUT2D eigenvalue weighted by atomic mass is 16.5. The molecule has 1 aromatic carbocycles. The SMILES string of the molecule is CO[C@H]([C@@H](C)C(=O)NC(Cc1ccccc1)C(=O)O)[C@@H]1CCCN1C(=O)C[C@H](C)OC. The molecule has 1 aromatic rings. The monoisotopic (exact) mass is 434 g/mol. The third-order valence-corrected chi connectivity index (χ3v) is 5.94. The van der Waals surface area contributed by atoms with Gasteiger partial charge in [0.25, 0.3) is 0 Å². The van der Waals surface area contributed by atoms with E-state index in [2.05, 4.69) is 5.32 Å². The second-order valence-corrected chi connectivity index (χ2v) is 8.13. The molecular formula is C23H34N2O6. The van der Waals surface area contributed by atoms with E-state index in [1.807, 2.05) is 37.3 Å². The van der Waals surface area contributed by atoms with Crippen molar-refractivity contribution in [3.8, 4) is 0 Å². The van der Waals surface area contributed by atoms with Crippen LogP contribution in [0.5, 0.6) is 0 Å². The van der Waals surface area contributed by atoms with Crippen LogP contribution in [0.4, 0.5) is 0 Å². The molecule has 2 rings (SSSR count). The van der Waals surface area contributed by atoms with E-state index in [-0.39, 0.29) is 30.9 Å². The highest BCUT2D eigenvalue weighted by Crippen LogP contribution is 2.27. The summed E-state index contributed by atoms with van der Waals surface area (Å²) < 4.78 is 10.9. The fourth-order valence-electron chi connectivity index (χ4n) is 4.09. The quantitative estimate of drug-likeness (QED) is 0.551. The van der Waals surface area contributed by atoms with Gasteiger partial charge >= 0.3 is 5.97 Å². The molecule has 0 saturated carbocycles. The Balaban J connectivity index is 2.07. The molecule has 0 radical (unpaired) electrons. The maximum Gasteiger partial charge on any atom is 0.326 e. The Bertz CT molecular complexity index is 741. The van der Waals surface area contributed by atoms with Gasteiger partial charge in [0.05, 0.1) is 30.6 Å². The van der Waals surface area contributed by atoms with E-state index in [1.165, 1.54) is 7.11 Å². The van der Waals surface area contributed by atoms with Crippen molar-refractivity contribution in [3.63, 3.8) is 0 Å². The van der Waals surface area contributed by atoms with Crippen molar-refractivity contribution in [2.45, 2.75) is 63.8 Å². The number of aliphatic carboxylic acids is 1. The number of hydrogen-bond acceptors (Lipinski definition) is 5. The fraction of sp³-hybridized carbons (Fsp3) is 0.609. The summed E-state index contributed by atoms with van der Waals surface area (Å²) in [5.41, 5.74) is 0.825. The molecule has 1 fully saturated rings. The summed E-state index contributed by atoms with van der Waals surface area (Å²) >= 11 is 0. The Morgan fingerprint density at radius 1 is 1.16 bits per heavy atom. The van der Waals surface area contributed by atoms with Crippen LogP contribution in [-0.4, -0.2) is 72.8 Å². The number of likely N-dealkylation sites (tertiary alicyclic amines) is 1. The molecule has 172 valence electrons. The summed E-state index contributed by atoms with van der Waals surface area (Å²) in [6.45, 7) is 4.16. The third kappa shape index (κ3) is 6.77. The number of nitrogens with one attached hydrogen (secondary N) is 1. The maximum atomic E-state index is 12.9. The fourth-order valence-corrected chi connectivity index (χ4v) is 4.09. The molecule has 2 N–H and O–H groups in total. The van der Waals surface area contributed by atoms with E-state index in [1.54, 1.807) is 18.9 Å². The zero-order chi connectivity index (χ0) is 23.0. The molecule has 0 aromatic heterocycles. The van der Waals surface area contributed by atoms with E-state index in [0.717, 1.165) is 18.4 Å². The summed E-state index contributed by atoms with van der Waals surface area (Å²) in [6, 6.07) is 7.88. The smallest absolute Gasteiger partial charge is 0.326 e. The molecule has 0 bridgehead atoms. The van der Waals surface area contributed by atoms with Crippen LogP contribution in [0.25, 0.3) is 0 Å². The highest BCUT2D eigenvalue weighted by Gasteiger charge is 2.40. The lowest BCUT2D eigenvalue weighted by Crippen LogP contribution is -2.52. The number of amides is 2. The number of methoxy groups -OCH3 is 2. The lowest BCUT2D eigenvalue weighted by molar-refractivity contribution is -0.145. The van der Waals surface area contributed by atoms with E-state index in [9.17, 15) is 19.5 Å². The summed E-state index contributed by atoms with van der Waals surface area (Å²) in [6.07, 6.45) is 1.30. The second-order valence-electron chi connectivity index (χ2n) is 8.13. The van der Waals surface area contributed by atoms with Crippen molar-refractivity contribution in [3.05, 3.63) is 35.9 Å². The van der Waals surface area contributed by atoms with Gasteiger partial charge in [0.2, 0.25) is 11.8 Å². The zero-order valence-electron chi connectivity index (χ0n) is 18.7. The standard InChI is InChI=1S/C23H34N2O6/c1-15(30-3)13-20(26)25-12-8-11-19(25)21(31-4)16(2)22(27)24-18(23(28)29)14-17-9-6-5-7-10-17/h5-7,9-10,15-16,18-19,21H,8,11-14H2,1-4H3,(H,24,27)(H,28,29)/t15-,16+,18?,19-,21+/m0/s1. The van der Waals surface area contributed by atoms with Gasteiger partial charge in [-0.2, -0.15) is 0 Å². The Morgan fingerprint density at radius 2 is 1.84 bits per heavy atom. The first kappa shape index (κ1) is 24.8. The Labute approximate surface area is 183 Å². The van der Waals surface area contributed by atoms with Gasteiger partial charge in [0.15, 0.2) is 0 Å². The third-order valence-electron chi connectivity index (χ3n) is 5.94. The molecule has 0 spiro atoms. The van der Waals surface area contributed by atoms with Crippen LogP contribution in [0.3, 0.4) is 0 Å². The van der Waals surface area contributed by atoms with Crippen LogP contribution >= 0.6 is 0 Å². The maximum absolute atomic E-state index is 12.9. The molecule has 31 heavy (non-hydrogen) atoms. The average Bonchev–Trinajstić information content (AvgIpc) is 3.23. The summed E-state index contributed by atoms with van der Waals surface area (Å²) in [4.78, 5) is 39.1. The average molecular weight is 435 g/mol. The van der Waals surface area contributed by atoms with Crippen LogP contribution < -0.4 is 5.32 Å². The van der Waals surface area contributed by atoms with Gasteiger partial charge in [-0.25, -0.2) is 4.79 Å². The first-order valence-electron chi connectivity index (χ1n) is 10.7. The van der Waals surface area contributed by atoms with Crippen LogP contribution in [0, 0.1) is 5.92 Å². The number of rotatable bonds is 11. The molecule has 1 aliphatic heterocycles. The van der Waals surface area contributed by atoms with Gasteiger partial charge in [0, 0.05) is 27.2 Å². The number of hydrogen-bond donors (Lipinski definition) is 2.